The lowest BCUT2D eigenvalue weighted by molar-refractivity contribution is 0.0959. The number of hydrogen-bond donors (Lipinski definition) is 2. The van der Waals surface area contributed by atoms with Crippen molar-refractivity contribution in [2.45, 2.75) is 0 Å². The molecule has 5 nitrogen and oxygen atoms in total. The number of nitrogens with one attached hydrogen (secondary N) is 2. The standard InChI is InChI=1S/C19H16N4OS2/c24-18(15-7-4-10-25-15)21-9-8-20-17-16-14(13-5-2-1-3-6-13)11-26-19(16)23-12-22-17/h1-7,10-12H,8-9H2,(H,21,24)(H,20,22,23). The molecule has 0 bridgehead atoms. The fourth-order valence-electron chi connectivity index (χ4n) is 2.69. The number of amides is 1. The van der Waals surface area contributed by atoms with Crippen LogP contribution in [0.1, 0.15) is 9.67 Å². The summed E-state index contributed by atoms with van der Waals surface area (Å²) in [7, 11) is 0. The van der Waals surface area contributed by atoms with Crippen molar-refractivity contribution in [2.75, 3.05) is 18.4 Å². The molecule has 0 aliphatic heterocycles. The van der Waals surface area contributed by atoms with Crippen molar-refractivity contribution in [3.63, 3.8) is 0 Å². The Balaban J connectivity index is 1.48. The van der Waals surface area contributed by atoms with Gasteiger partial charge in [-0.05, 0) is 17.0 Å². The van der Waals surface area contributed by atoms with Gasteiger partial charge in [-0.25, -0.2) is 9.97 Å². The van der Waals surface area contributed by atoms with Gasteiger partial charge < -0.3 is 10.6 Å². The van der Waals surface area contributed by atoms with Gasteiger partial charge in [-0.15, -0.1) is 22.7 Å². The Kier molecular flexibility index (Phi) is 4.90. The Morgan fingerprint density at radius 2 is 1.88 bits per heavy atom. The van der Waals surface area contributed by atoms with Crippen LogP contribution in [0, 0.1) is 0 Å². The predicted molar refractivity (Wildman–Crippen MR) is 108 cm³/mol. The Labute approximate surface area is 158 Å². The first kappa shape index (κ1) is 16.7. The smallest absolute Gasteiger partial charge is 0.261 e. The lowest BCUT2D eigenvalue weighted by Crippen LogP contribution is -2.28. The summed E-state index contributed by atoms with van der Waals surface area (Å²) in [6, 6.07) is 13.9. The molecule has 0 fully saturated rings. The van der Waals surface area contributed by atoms with Crippen LogP contribution in [0.15, 0.2) is 59.6 Å². The van der Waals surface area contributed by atoms with Gasteiger partial charge in [-0.3, -0.25) is 4.79 Å². The van der Waals surface area contributed by atoms with E-state index >= 15 is 0 Å². The van der Waals surface area contributed by atoms with Crippen molar-refractivity contribution in [1.29, 1.82) is 0 Å². The number of nitrogens with zero attached hydrogens (tertiary/aromatic N) is 2. The second-order valence-corrected chi connectivity index (χ2v) is 7.38. The van der Waals surface area contributed by atoms with Crippen molar-refractivity contribution < 1.29 is 4.79 Å². The normalized spacial score (nSPS) is 10.8. The van der Waals surface area contributed by atoms with Gasteiger partial charge in [0.2, 0.25) is 0 Å². The van der Waals surface area contributed by atoms with Crippen molar-refractivity contribution in [2.24, 2.45) is 0 Å². The highest BCUT2D eigenvalue weighted by Gasteiger charge is 2.13. The second kappa shape index (κ2) is 7.63. The molecule has 7 heteroatoms. The van der Waals surface area contributed by atoms with Gasteiger partial charge in [0, 0.05) is 24.0 Å². The van der Waals surface area contributed by atoms with Crippen LogP contribution in [-0.4, -0.2) is 29.0 Å². The van der Waals surface area contributed by atoms with E-state index in [0.29, 0.717) is 13.1 Å². The van der Waals surface area contributed by atoms with Crippen molar-refractivity contribution in [3.05, 3.63) is 64.4 Å². The van der Waals surface area contributed by atoms with Gasteiger partial charge in [0.15, 0.2) is 0 Å². The molecule has 26 heavy (non-hydrogen) atoms. The fraction of sp³-hybridized carbons (Fsp3) is 0.105. The summed E-state index contributed by atoms with van der Waals surface area (Å²) in [4.78, 5) is 22.4. The lowest BCUT2D eigenvalue weighted by Gasteiger charge is -2.09. The molecule has 130 valence electrons. The second-order valence-electron chi connectivity index (χ2n) is 5.58. The summed E-state index contributed by atoms with van der Waals surface area (Å²) in [6.07, 6.45) is 1.57. The highest BCUT2D eigenvalue weighted by Crippen LogP contribution is 2.36. The van der Waals surface area contributed by atoms with Crippen LogP contribution in [0.3, 0.4) is 0 Å². The van der Waals surface area contributed by atoms with Crippen LogP contribution < -0.4 is 10.6 Å². The third-order valence-corrected chi connectivity index (χ3v) is 5.66. The molecular formula is C19H16N4OS2. The van der Waals surface area contributed by atoms with E-state index in [1.165, 1.54) is 11.3 Å². The summed E-state index contributed by atoms with van der Waals surface area (Å²) in [5, 5.41) is 11.3. The molecule has 1 amide bonds. The van der Waals surface area contributed by atoms with E-state index in [2.05, 4.69) is 38.1 Å². The third kappa shape index (κ3) is 3.44. The lowest BCUT2D eigenvalue weighted by atomic mass is 10.1. The van der Waals surface area contributed by atoms with Crippen LogP contribution in [0.4, 0.5) is 5.82 Å². The summed E-state index contributed by atoms with van der Waals surface area (Å²) in [6.45, 7) is 1.11. The van der Waals surface area contributed by atoms with Crippen LogP contribution in [-0.2, 0) is 0 Å². The molecule has 0 radical (unpaired) electrons. The highest BCUT2D eigenvalue weighted by atomic mass is 32.1. The van der Waals surface area contributed by atoms with Gasteiger partial charge in [0.05, 0.1) is 10.3 Å². The Morgan fingerprint density at radius 3 is 2.69 bits per heavy atom. The molecule has 0 unspecified atom stereocenters. The van der Waals surface area contributed by atoms with Crippen molar-refractivity contribution in [1.82, 2.24) is 15.3 Å². The van der Waals surface area contributed by atoms with Crippen LogP contribution in [0.5, 0.6) is 0 Å². The average molecular weight is 380 g/mol. The fourth-order valence-corrected chi connectivity index (χ4v) is 4.25. The minimum Gasteiger partial charge on any atom is -0.368 e. The number of anilines is 1. The topological polar surface area (TPSA) is 66.9 Å². The van der Waals surface area contributed by atoms with Crippen LogP contribution in [0.2, 0.25) is 0 Å². The summed E-state index contributed by atoms with van der Waals surface area (Å²) >= 11 is 3.04. The number of benzene rings is 1. The maximum Gasteiger partial charge on any atom is 0.261 e. The van der Waals surface area contributed by atoms with E-state index < -0.39 is 0 Å². The summed E-state index contributed by atoms with van der Waals surface area (Å²) < 4.78 is 0. The molecule has 4 rings (SSSR count). The molecule has 0 atom stereocenters. The Morgan fingerprint density at radius 1 is 1.00 bits per heavy atom. The summed E-state index contributed by atoms with van der Waals surface area (Å²) in [5.41, 5.74) is 2.26. The zero-order valence-corrected chi connectivity index (χ0v) is 15.4. The van der Waals surface area contributed by atoms with Crippen LogP contribution in [0.25, 0.3) is 21.3 Å². The molecule has 1 aromatic carbocycles. The molecule has 4 aromatic rings. The molecule has 3 aromatic heterocycles. The van der Waals surface area contributed by atoms with Gasteiger partial charge >= 0.3 is 0 Å². The monoisotopic (exact) mass is 380 g/mol. The SMILES string of the molecule is O=C(NCCNc1ncnc2scc(-c3ccccc3)c12)c1cccs1. The quantitative estimate of drug-likeness (QED) is 0.491. The van der Waals surface area contributed by atoms with Gasteiger partial charge in [-0.2, -0.15) is 0 Å². The molecule has 3 heterocycles. The van der Waals surface area contributed by atoms with E-state index in [0.717, 1.165) is 32.0 Å². The molecule has 0 aliphatic carbocycles. The predicted octanol–water partition coefficient (Wildman–Crippen LogP) is 4.26. The number of thiophene rings is 2. The minimum absolute atomic E-state index is 0.0462. The number of fused-ring (bicyclic) bond motifs is 1. The van der Waals surface area contributed by atoms with E-state index in [1.54, 1.807) is 17.7 Å². The highest BCUT2D eigenvalue weighted by molar-refractivity contribution is 7.17. The van der Waals surface area contributed by atoms with Crippen LogP contribution >= 0.6 is 22.7 Å². The number of carbonyl (C=O) groups is 1. The number of carbonyl (C=O) groups excluding carboxylic acids is 1. The number of aromatic nitrogens is 2. The molecule has 0 saturated carbocycles. The van der Waals surface area contributed by atoms with Gasteiger partial charge in [-0.1, -0.05) is 36.4 Å². The van der Waals surface area contributed by atoms with Crippen molar-refractivity contribution >= 4 is 44.6 Å². The Bertz CT molecular complexity index is 1010. The molecule has 2 N–H and O–H groups in total. The van der Waals surface area contributed by atoms with Gasteiger partial charge in [0.1, 0.15) is 17.0 Å². The minimum atomic E-state index is -0.0462. The zero-order chi connectivity index (χ0) is 17.8. The molecule has 0 spiro atoms. The van der Waals surface area contributed by atoms with E-state index in [9.17, 15) is 4.79 Å². The molecule has 0 aliphatic rings. The van der Waals surface area contributed by atoms with E-state index in [4.69, 9.17) is 0 Å². The van der Waals surface area contributed by atoms with Gasteiger partial charge in [0.25, 0.3) is 5.91 Å². The summed E-state index contributed by atoms with van der Waals surface area (Å²) in [5.74, 6) is 0.746. The number of rotatable bonds is 6. The first-order chi connectivity index (χ1) is 12.8. The van der Waals surface area contributed by atoms with E-state index in [-0.39, 0.29) is 5.91 Å². The first-order valence-electron chi connectivity index (χ1n) is 8.16. The maximum atomic E-state index is 12.0. The average Bonchev–Trinajstić information content (AvgIpc) is 3.36. The third-order valence-electron chi connectivity index (χ3n) is 3.90. The Hall–Kier alpha value is -2.77. The molecular weight excluding hydrogens is 364 g/mol. The van der Waals surface area contributed by atoms with Crippen molar-refractivity contribution in [3.8, 4) is 11.1 Å². The first-order valence-corrected chi connectivity index (χ1v) is 9.92. The largest absolute Gasteiger partial charge is 0.368 e. The molecule has 0 saturated heterocycles. The van der Waals surface area contributed by atoms with E-state index in [1.807, 2.05) is 35.7 Å². The zero-order valence-electron chi connectivity index (χ0n) is 13.8. The number of hydrogen-bond acceptors (Lipinski definition) is 6. The maximum absolute atomic E-state index is 12.0.